The Morgan fingerprint density at radius 3 is 2.70 bits per heavy atom. The summed E-state index contributed by atoms with van der Waals surface area (Å²) in [4.78, 5) is 8.06. The highest BCUT2D eigenvalue weighted by molar-refractivity contribution is 7.89. The fourth-order valence-corrected chi connectivity index (χ4v) is 2.68. The molecule has 0 aliphatic rings. The van der Waals surface area contributed by atoms with Crippen molar-refractivity contribution < 1.29 is 8.42 Å². The van der Waals surface area contributed by atoms with Gasteiger partial charge in [-0.1, -0.05) is 13.0 Å². The molecule has 2 heterocycles. The molecule has 0 spiro atoms. The number of nitrogens with two attached hydrogens (primary N) is 1. The molecule has 6 nitrogen and oxygen atoms in total. The van der Waals surface area contributed by atoms with Crippen molar-refractivity contribution in [3.63, 3.8) is 0 Å². The monoisotopic (exact) mass is 292 g/mol. The van der Waals surface area contributed by atoms with Gasteiger partial charge in [-0.05, 0) is 30.2 Å². The van der Waals surface area contributed by atoms with Crippen LogP contribution in [0.5, 0.6) is 0 Å². The number of anilines is 1. The van der Waals surface area contributed by atoms with Crippen LogP contribution >= 0.6 is 0 Å². The van der Waals surface area contributed by atoms with Gasteiger partial charge < -0.3 is 5.73 Å². The molecule has 0 radical (unpaired) electrons. The molecule has 0 amide bonds. The van der Waals surface area contributed by atoms with Gasteiger partial charge in [0.25, 0.3) is 0 Å². The summed E-state index contributed by atoms with van der Waals surface area (Å²) in [5, 5.41) is 0. The van der Waals surface area contributed by atoms with Gasteiger partial charge in [-0.15, -0.1) is 0 Å². The van der Waals surface area contributed by atoms with Crippen LogP contribution in [0, 0.1) is 0 Å². The molecule has 0 aliphatic heterocycles. The van der Waals surface area contributed by atoms with Crippen LogP contribution < -0.4 is 10.5 Å². The summed E-state index contributed by atoms with van der Waals surface area (Å²) in [5.74, 6) is 0.280. The van der Waals surface area contributed by atoms with Crippen LogP contribution in [0.4, 0.5) is 5.82 Å². The third kappa shape index (κ3) is 3.31. The maximum Gasteiger partial charge on any atom is 0.242 e. The normalized spacial score (nSPS) is 11.4. The lowest BCUT2D eigenvalue weighted by atomic mass is 10.1. The van der Waals surface area contributed by atoms with E-state index in [1.54, 1.807) is 6.20 Å². The summed E-state index contributed by atoms with van der Waals surface area (Å²) in [7, 11) is -3.61. The summed E-state index contributed by atoms with van der Waals surface area (Å²) in [6.45, 7) is 2.15. The van der Waals surface area contributed by atoms with Crippen molar-refractivity contribution in [2.45, 2.75) is 24.8 Å². The number of hydrogen-bond donors (Lipinski definition) is 2. The number of nitrogens with zero attached hydrogens (tertiary/aromatic N) is 2. The van der Waals surface area contributed by atoms with E-state index in [0.717, 1.165) is 17.7 Å². The van der Waals surface area contributed by atoms with E-state index in [2.05, 4.69) is 14.7 Å². The Labute approximate surface area is 118 Å². The molecular formula is C13H16N4O2S. The summed E-state index contributed by atoms with van der Waals surface area (Å²) in [5.41, 5.74) is 7.18. The molecule has 2 aromatic heterocycles. The zero-order valence-corrected chi connectivity index (χ0v) is 11.9. The molecule has 0 saturated carbocycles. The molecule has 106 valence electrons. The first-order valence-electron chi connectivity index (χ1n) is 6.17. The molecule has 20 heavy (non-hydrogen) atoms. The summed E-state index contributed by atoms with van der Waals surface area (Å²) in [6.07, 6.45) is 3.68. The molecule has 0 aliphatic carbocycles. The maximum atomic E-state index is 12.1. The van der Waals surface area contributed by atoms with E-state index in [0.29, 0.717) is 0 Å². The second-order valence-electron chi connectivity index (χ2n) is 4.21. The Balaban J connectivity index is 2.15. The number of nitrogens with one attached hydrogen (secondary N) is 1. The predicted octanol–water partition coefficient (Wildman–Crippen LogP) is 1.10. The SMILES string of the molecule is CCc1cccnc1CNS(=O)(=O)c1ccc(N)nc1. The average molecular weight is 292 g/mol. The van der Waals surface area contributed by atoms with Gasteiger partial charge in [0, 0.05) is 12.4 Å². The van der Waals surface area contributed by atoms with Crippen LogP contribution in [0.3, 0.4) is 0 Å². The lowest BCUT2D eigenvalue weighted by Crippen LogP contribution is -2.24. The third-order valence-electron chi connectivity index (χ3n) is 2.86. The smallest absolute Gasteiger partial charge is 0.242 e. The molecule has 0 atom stereocenters. The molecule has 0 unspecified atom stereocenters. The molecule has 0 fully saturated rings. The highest BCUT2D eigenvalue weighted by Crippen LogP contribution is 2.11. The van der Waals surface area contributed by atoms with E-state index < -0.39 is 10.0 Å². The first-order valence-corrected chi connectivity index (χ1v) is 7.65. The van der Waals surface area contributed by atoms with Crippen molar-refractivity contribution in [2.75, 3.05) is 5.73 Å². The number of aromatic nitrogens is 2. The van der Waals surface area contributed by atoms with Gasteiger partial charge in [0.1, 0.15) is 10.7 Å². The zero-order chi connectivity index (χ0) is 14.6. The van der Waals surface area contributed by atoms with Crippen LogP contribution in [0.25, 0.3) is 0 Å². The number of rotatable bonds is 5. The van der Waals surface area contributed by atoms with Gasteiger partial charge in [0.2, 0.25) is 10.0 Å². The van der Waals surface area contributed by atoms with E-state index in [-0.39, 0.29) is 17.3 Å². The van der Waals surface area contributed by atoms with E-state index >= 15 is 0 Å². The number of hydrogen-bond acceptors (Lipinski definition) is 5. The van der Waals surface area contributed by atoms with E-state index in [4.69, 9.17) is 5.73 Å². The first kappa shape index (κ1) is 14.4. The second kappa shape index (κ2) is 5.98. The Morgan fingerprint density at radius 2 is 2.05 bits per heavy atom. The number of nitrogen functional groups attached to an aromatic ring is 1. The molecule has 0 aromatic carbocycles. The fraction of sp³-hybridized carbons (Fsp3) is 0.231. The minimum Gasteiger partial charge on any atom is -0.384 e. The van der Waals surface area contributed by atoms with Gasteiger partial charge in [-0.2, -0.15) is 0 Å². The predicted molar refractivity (Wildman–Crippen MR) is 76.3 cm³/mol. The summed E-state index contributed by atoms with van der Waals surface area (Å²) >= 11 is 0. The minimum atomic E-state index is -3.61. The average Bonchev–Trinajstić information content (AvgIpc) is 2.46. The Morgan fingerprint density at radius 1 is 1.25 bits per heavy atom. The van der Waals surface area contributed by atoms with Gasteiger partial charge in [0.15, 0.2) is 0 Å². The van der Waals surface area contributed by atoms with Crippen molar-refractivity contribution in [1.29, 1.82) is 0 Å². The Kier molecular flexibility index (Phi) is 4.31. The topological polar surface area (TPSA) is 98.0 Å². The third-order valence-corrected chi connectivity index (χ3v) is 4.25. The quantitative estimate of drug-likeness (QED) is 0.860. The summed E-state index contributed by atoms with van der Waals surface area (Å²) < 4.78 is 26.7. The van der Waals surface area contributed by atoms with Crippen molar-refractivity contribution in [3.05, 3.63) is 47.9 Å². The molecule has 0 bridgehead atoms. The highest BCUT2D eigenvalue weighted by atomic mass is 32.2. The van der Waals surface area contributed by atoms with Crippen molar-refractivity contribution in [3.8, 4) is 0 Å². The van der Waals surface area contributed by atoms with Crippen LogP contribution in [-0.2, 0) is 23.0 Å². The molecule has 0 saturated heterocycles. The van der Waals surface area contributed by atoms with E-state index in [9.17, 15) is 8.42 Å². The standard InChI is InChI=1S/C13H16N4O2S/c1-2-10-4-3-7-15-12(10)9-17-20(18,19)11-5-6-13(14)16-8-11/h3-8,17H,2,9H2,1H3,(H2,14,16). The van der Waals surface area contributed by atoms with Crippen molar-refractivity contribution in [2.24, 2.45) is 0 Å². The molecule has 2 aromatic rings. The van der Waals surface area contributed by atoms with Gasteiger partial charge in [-0.25, -0.2) is 18.1 Å². The first-order chi connectivity index (χ1) is 9.53. The van der Waals surface area contributed by atoms with Crippen LogP contribution in [0.1, 0.15) is 18.2 Å². The number of pyridine rings is 2. The Bertz CT molecular complexity index is 684. The van der Waals surface area contributed by atoms with Gasteiger partial charge in [-0.3, -0.25) is 4.98 Å². The van der Waals surface area contributed by atoms with Gasteiger partial charge in [0.05, 0.1) is 12.2 Å². The molecule has 3 N–H and O–H groups in total. The van der Waals surface area contributed by atoms with Gasteiger partial charge >= 0.3 is 0 Å². The number of aryl methyl sites for hydroxylation is 1. The Hall–Kier alpha value is -1.99. The van der Waals surface area contributed by atoms with E-state index in [1.807, 2.05) is 19.1 Å². The second-order valence-corrected chi connectivity index (χ2v) is 5.97. The summed E-state index contributed by atoms with van der Waals surface area (Å²) in [6, 6.07) is 6.64. The van der Waals surface area contributed by atoms with E-state index in [1.165, 1.54) is 18.3 Å². The van der Waals surface area contributed by atoms with Crippen LogP contribution in [0.2, 0.25) is 0 Å². The molecule has 7 heteroatoms. The van der Waals surface area contributed by atoms with Crippen molar-refractivity contribution in [1.82, 2.24) is 14.7 Å². The lowest BCUT2D eigenvalue weighted by Gasteiger charge is -2.09. The van der Waals surface area contributed by atoms with Crippen LogP contribution in [0.15, 0.2) is 41.6 Å². The van der Waals surface area contributed by atoms with Crippen LogP contribution in [-0.4, -0.2) is 18.4 Å². The maximum absolute atomic E-state index is 12.1. The number of sulfonamides is 1. The fourth-order valence-electron chi connectivity index (χ4n) is 1.75. The zero-order valence-electron chi connectivity index (χ0n) is 11.1. The minimum absolute atomic E-state index is 0.0840. The largest absolute Gasteiger partial charge is 0.384 e. The molecule has 2 rings (SSSR count). The highest BCUT2D eigenvalue weighted by Gasteiger charge is 2.15. The lowest BCUT2D eigenvalue weighted by molar-refractivity contribution is 0.579. The molecular weight excluding hydrogens is 276 g/mol. The van der Waals surface area contributed by atoms with Crippen molar-refractivity contribution >= 4 is 15.8 Å².